The predicted octanol–water partition coefficient (Wildman–Crippen LogP) is 0.789. The zero-order chi connectivity index (χ0) is 14.0. The quantitative estimate of drug-likeness (QED) is 0.840. The summed E-state index contributed by atoms with van der Waals surface area (Å²) in [5.74, 6) is 1.90. The molecule has 1 saturated heterocycles. The number of nitrogens with one attached hydrogen (secondary N) is 2. The van der Waals surface area contributed by atoms with Crippen LogP contribution in [0.5, 0.6) is 0 Å². The largest absolute Gasteiger partial charge is 0.310 e. The van der Waals surface area contributed by atoms with Gasteiger partial charge in [0, 0.05) is 37.0 Å². The number of hydrogen-bond acceptors (Lipinski definition) is 5. The second-order valence-electron chi connectivity index (χ2n) is 5.25. The molecule has 0 spiro atoms. The van der Waals surface area contributed by atoms with E-state index in [0.29, 0.717) is 25.7 Å². The first-order valence-corrected chi connectivity index (χ1v) is 9.61. The van der Waals surface area contributed by atoms with Gasteiger partial charge in [0.25, 0.3) is 10.0 Å². The van der Waals surface area contributed by atoms with Crippen LogP contribution in [0.2, 0.25) is 0 Å². The van der Waals surface area contributed by atoms with Gasteiger partial charge in [0.2, 0.25) is 0 Å². The van der Waals surface area contributed by atoms with Crippen molar-refractivity contribution >= 4 is 21.8 Å². The van der Waals surface area contributed by atoms with Gasteiger partial charge in [0.15, 0.2) is 5.03 Å². The van der Waals surface area contributed by atoms with E-state index in [9.17, 15) is 8.42 Å². The summed E-state index contributed by atoms with van der Waals surface area (Å²) in [6.07, 6.45) is 4.90. The Labute approximate surface area is 123 Å². The minimum Gasteiger partial charge on any atom is -0.310 e. The smallest absolute Gasteiger partial charge is 0.260 e. The number of aromatic amines is 1. The number of hydrogen-bond donors (Lipinski definition) is 2. The number of rotatable bonds is 5. The second kappa shape index (κ2) is 6.05. The molecule has 0 bridgehead atoms. The lowest BCUT2D eigenvalue weighted by atomic mass is 10.3. The van der Waals surface area contributed by atoms with E-state index < -0.39 is 10.0 Å². The molecule has 0 amide bonds. The summed E-state index contributed by atoms with van der Waals surface area (Å²) in [6, 6.07) is 0.551. The van der Waals surface area contributed by atoms with Gasteiger partial charge in [-0.3, -0.25) is 5.10 Å². The van der Waals surface area contributed by atoms with Crippen LogP contribution in [-0.2, 0) is 16.6 Å². The van der Waals surface area contributed by atoms with Gasteiger partial charge in [-0.05, 0) is 25.0 Å². The molecule has 2 N–H and O–H groups in total. The van der Waals surface area contributed by atoms with E-state index in [1.807, 2.05) is 11.8 Å². The van der Waals surface area contributed by atoms with E-state index in [0.717, 1.165) is 23.5 Å². The molecule has 0 aromatic carbocycles. The number of thioether (sulfide) groups is 1. The van der Waals surface area contributed by atoms with E-state index in [1.54, 1.807) is 10.5 Å². The first-order chi connectivity index (χ1) is 9.68. The monoisotopic (exact) mass is 316 g/mol. The van der Waals surface area contributed by atoms with Gasteiger partial charge in [0.1, 0.15) is 0 Å². The Kier molecular flexibility index (Phi) is 4.34. The zero-order valence-corrected chi connectivity index (χ0v) is 13.0. The first-order valence-electron chi connectivity index (χ1n) is 7.01. The van der Waals surface area contributed by atoms with Crippen molar-refractivity contribution in [3.63, 3.8) is 0 Å². The molecule has 1 aliphatic carbocycles. The summed E-state index contributed by atoms with van der Waals surface area (Å²) in [4.78, 5) is 0. The maximum absolute atomic E-state index is 12.7. The van der Waals surface area contributed by atoms with E-state index in [1.165, 1.54) is 12.8 Å². The Hall–Kier alpha value is -0.570. The number of H-pyrrole nitrogens is 1. The summed E-state index contributed by atoms with van der Waals surface area (Å²) >= 11 is 1.82. The molecular weight excluding hydrogens is 296 g/mol. The van der Waals surface area contributed by atoms with Crippen LogP contribution in [0.25, 0.3) is 0 Å². The van der Waals surface area contributed by atoms with Crippen molar-refractivity contribution in [2.24, 2.45) is 0 Å². The molecule has 1 aromatic rings. The van der Waals surface area contributed by atoms with Crippen molar-refractivity contribution in [2.75, 3.05) is 24.6 Å². The molecule has 2 aliphatic rings. The van der Waals surface area contributed by atoms with E-state index in [-0.39, 0.29) is 5.03 Å². The first kappa shape index (κ1) is 14.4. The van der Waals surface area contributed by atoms with Crippen LogP contribution in [0.3, 0.4) is 0 Å². The molecule has 8 heteroatoms. The molecule has 6 nitrogen and oxygen atoms in total. The van der Waals surface area contributed by atoms with Crippen LogP contribution in [0.4, 0.5) is 0 Å². The molecule has 112 valence electrons. The van der Waals surface area contributed by atoms with Crippen LogP contribution >= 0.6 is 11.8 Å². The fraction of sp³-hybridized carbons (Fsp3) is 0.750. The van der Waals surface area contributed by atoms with Crippen molar-refractivity contribution in [2.45, 2.75) is 36.9 Å². The predicted molar refractivity (Wildman–Crippen MR) is 79.2 cm³/mol. The summed E-state index contributed by atoms with van der Waals surface area (Å²) in [5, 5.41) is 10.2. The molecule has 0 atom stereocenters. The van der Waals surface area contributed by atoms with E-state index in [2.05, 4.69) is 15.5 Å². The minimum absolute atomic E-state index is 0.262. The highest BCUT2D eigenvalue weighted by molar-refractivity contribution is 7.99. The Morgan fingerprint density at radius 3 is 3.05 bits per heavy atom. The van der Waals surface area contributed by atoms with Crippen molar-refractivity contribution in [1.82, 2.24) is 19.8 Å². The molecule has 1 saturated carbocycles. The van der Waals surface area contributed by atoms with Gasteiger partial charge < -0.3 is 5.32 Å². The van der Waals surface area contributed by atoms with Gasteiger partial charge in [0.05, 0.1) is 6.20 Å². The van der Waals surface area contributed by atoms with Crippen molar-refractivity contribution < 1.29 is 8.42 Å². The Balaban J connectivity index is 1.76. The highest BCUT2D eigenvalue weighted by Gasteiger charge is 2.30. The zero-order valence-electron chi connectivity index (χ0n) is 11.3. The normalized spacial score (nSPS) is 21.8. The number of nitrogens with zero attached hydrogens (tertiary/aromatic N) is 2. The molecule has 1 aromatic heterocycles. The van der Waals surface area contributed by atoms with Crippen molar-refractivity contribution in [3.05, 3.63) is 11.8 Å². The van der Waals surface area contributed by atoms with Crippen LogP contribution in [0.15, 0.2) is 11.2 Å². The van der Waals surface area contributed by atoms with Crippen LogP contribution < -0.4 is 5.32 Å². The summed E-state index contributed by atoms with van der Waals surface area (Å²) in [6.45, 7) is 1.75. The SMILES string of the molecule is O=S(=O)(c1[nH]ncc1CNC1CC1)N1CCCSCC1. The van der Waals surface area contributed by atoms with Gasteiger partial charge in [-0.15, -0.1) is 0 Å². The lowest BCUT2D eigenvalue weighted by Crippen LogP contribution is -2.34. The number of sulfonamides is 1. The van der Waals surface area contributed by atoms with Crippen molar-refractivity contribution in [3.8, 4) is 0 Å². The van der Waals surface area contributed by atoms with E-state index >= 15 is 0 Å². The van der Waals surface area contributed by atoms with Crippen LogP contribution in [0, 0.1) is 0 Å². The molecule has 1 aliphatic heterocycles. The third kappa shape index (κ3) is 3.19. The summed E-state index contributed by atoms with van der Waals surface area (Å²) in [7, 11) is -3.44. The Morgan fingerprint density at radius 1 is 1.40 bits per heavy atom. The Bertz CT molecular complexity index is 546. The van der Waals surface area contributed by atoms with E-state index in [4.69, 9.17) is 0 Å². The standard InChI is InChI=1S/C12H20N4O2S2/c17-20(18,16-4-1-6-19-7-5-16)12-10(9-14-15-12)8-13-11-2-3-11/h9,11,13H,1-8H2,(H,14,15). The van der Waals surface area contributed by atoms with Gasteiger partial charge in [-0.25, -0.2) is 8.42 Å². The van der Waals surface area contributed by atoms with Crippen LogP contribution in [-0.4, -0.2) is 53.6 Å². The molecule has 0 radical (unpaired) electrons. The molecule has 3 rings (SSSR count). The summed E-state index contributed by atoms with van der Waals surface area (Å²) in [5.41, 5.74) is 0.744. The maximum atomic E-state index is 12.7. The highest BCUT2D eigenvalue weighted by Crippen LogP contribution is 2.23. The highest BCUT2D eigenvalue weighted by atomic mass is 32.2. The molecule has 2 fully saturated rings. The molecular formula is C12H20N4O2S2. The van der Waals surface area contributed by atoms with Crippen LogP contribution in [0.1, 0.15) is 24.8 Å². The van der Waals surface area contributed by atoms with Gasteiger partial charge in [-0.2, -0.15) is 21.2 Å². The fourth-order valence-electron chi connectivity index (χ4n) is 2.28. The second-order valence-corrected chi connectivity index (χ2v) is 8.35. The lowest BCUT2D eigenvalue weighted by Gasteiger charge is -2.19. The maximum Gasteiger partial charge on any atom is 0.260 e. The molecule has 0 unspecified atom stereocenters. The molecule has 2 heterocycles. The fourth-order valence-corrected chi connectivity index (χ4v) is 4.87. The third-order valence-electron chi connectivity index (χ3n) is 3.62. The van der Waals surface area contributed by atoms with Gasteiger partial charge in [-0.1, -0.05) is 0 Å². The Morgan fingerprint density at radius 2 is 2.25 bits per heavy atom. The summed E-state index contributed by atoms with van der Waals surface area (Å²) < 4.78 is 27.0. The van der Waals surface area contributed by atoms with Gasteiger partial charge >= 0.3 is 0 Å². The topological polar surface area (TPSA) is 78.1 Å². The molecule has 20 heavy (non-hydrogen) atoms. The minimum atomic E-state index is -3.44. The average Bonchev–Trinajstić information content (AvgIpc) is 3.19. The lowest BCUT2D eigenvalue weighted by molar-refractivity contribution is 0.431. The van der Waals surface area contributed by atoms with Crippen molar-refractivity contribution in [1.29, 1.82) is 0 Å². The average molecular weight is 316 g/mol. The third-order valence-corrected chi connectivity index (χ3v) is 6.58. The number of aromatic nitrogens is 2.